The Balaban J connectivity index is 1.24. The summed E-state index contributed by atoms with van der Waals surface area (Å²) in [6, 6.07) is 44.8. The number of hydrogen-bond donors (Lipinski definition) is 0. The van der Waals surface area contributed by atoms with Gasteiger partial charge in [-0.2, -0.15) is 0 Å². The van der Waals surface area contributed by atoms with E-state index in [1.165, 1.54) is 88.3 Å². The molecule has 2 aliphatic carbocycles. The van der Waals surface area contributed by atoms with Crippen molar-refractivity contribution < 1.29 is 0 Å². The normalized spacial score (nSPS) is 15.2. The SMILES string of the molecule is CC1(C)c2cc(C=Cc3ccc(Br)cc3)c3ccccc3c2-c2ccc3c(c21)C(C)(C)c1cc(C=Cc2ccc(Br)cc2)c2ccccc2c1-3. The molecule has 9 rings (SSSR count). The lowest BCUT2D eigenvalue weighted by atomic mass is 9.72. The molecule has 0 unspecified atom stereocenters. The molecule has 2 heteroatoms. The molecule has 0 spiro atoms. The second kappa shape index (κ2) is 11.5. The van der Waals surface area contributed by atoms with Crippen LogP contribution >= 0.6 is 31.9 Å². The van der Waals surface area contributed by atoms with E-state index in [9.17, 15) is 0 Å². The highest BCUT2D eigenvalue weighted by Gasteiger charge is 2.46. The van der Waals surface area contributed by atoms with Crippen LogP contribution in [0.2, 0.25) is 0 Å². The largest absolute Gasteiger partial charge is 0.0616 e. The van der Waals surface area contributed by atoms with Crippen molar-refractivity contribution in [3.8, 4) is 22.3 Å². The zero-order chi connectivity index (χ0) is 34.4. The minimum absolute atomic E-state index is 0.181. The molecule has 0 amide bonds. The van der Waals surface area contributed by atoms with Gasteiger partial charge in [0.2, 0.25) is 0 Å². The topological polar surface area (TPSA) is 0 Å². The van der Waals surface area contributed by atoms with Gasteiger partial charge in [-0.25, -0.2) is 0 Å². The number of fused-ring (bicyclic) bond motifs is 11. The van der Waals surface area contributed by atoms with Crippen LogP contribution in [-0.2, 0) is 10.8 Å². The third-order valence-corrected chi connectivity index (χ3v) is 12.2. The van der Waals surface area contributed by atoms with E-state index in [-0.39, 0.29) is 10.8 Å². The van der Waals surface area contributed by atoms with Crippen LogP contribution in [0.4, 0.5) is 0 Å². The highest BCUT2D eigenvalue weighted by atomic mass is 79.9. The fourth-order valence-corrected chi connectivity index (χ4v) is 9.28. The Morgan fingerprint density at radius 3 is 1.16 bits per heavy atom. The van der Waals surface area contributed by atoms with E-state index in [2.05, 4.69) is 205 Å². The Morgan fingerprint density at radius 2 is 0.780 bits per heavy atom. The molecular formula is C48H36Br2. The van der Waals surface area contributed by atoms with Gasteiger partial charge >= 0.3 is 0 Å². The summed E-state index contributed by atoms with van der Waals surface area (Å²) < 4.78 is 2.19. The number of rotatable bonds is 4. The van der Waals surface area contributed by atoms with E-state index in [1.54, 1.807) is 0 Å². The van der Waals surface area contributed by atoms with Crippen LogP contribution in [0.25, 0.3) is 68.1 Å². The minimum atomic E-state index is -0.181. The Bertz CT molecular complexity index is 2400. The molecule has 0 aromatic heterocycles. The lowest BCUT2D eigenvalue weighted by Crippen LogP contribution is -2.24. The smallest absolute Gasteiger partial charge is 0.0175 e. The molecule has 0 heterocycles. The van der Waals surface area contributed by atoms with Gasteiger partial charge < -0.3 is 0 Å². The van der Waals surface area contributed by atoms with Gasteiger partial charge in [-0.1, -0.05) is 169 Å². The summed E-state index contributed by atoms with van der Waals surface area (Å²) in [5.41, 5.74) is 15.8. The quantitative estimate of drug-likeness (QED) is 0.156. The van der Waals surface area contributed by atoms with Crippen LogP contribution in [0.5, 0.6) is 0 Å². The van der Waals surface area contributed by atoms with Crippen LogP contribution in [-0.4, -0.2) is 0 Å². The molecule has 7 aromatic rings. The molecule has 7 aromatic carbocycles. The van der Waals surface area contributed by atoms with Gasteiger partial charge in [0, 0.05) is 19.8 Å². The van der Waals surface area contributed by atoms with Gasteiger partial charge in [0.15, 0.2) is 0 Å². The third kappa shape index (κ3) is 4.76. The fraction of sp³-hybridized carbons (Fsp3) is 0.125. The molecule has 0 radical (unpaired) electrons. The van der Waals surface area contributed by atoms with Crippen molar-refractivity contribution in [1.82, 2.24) is 0 Å². The van der Waals surface area contributed by atoms with Gasteiger partial charge in [-0.15, -0.1) is 0 Å². The maximum Gasteiger partial charge on any atom is 0.0175 e. The molecule has 0 saturated carbocycles. The van der Waals surface area contributed by atoms with Crippen LogP contribution in [0.3, 0.4) is 0 Å². The summed E-state index contributed by atoms with van der Waals surface area (Å²) in [4.78, 5) is 0. The Kier molecular flexibility index (Phi) is 7.25. The van der Waals surface area contributed by atoms with Gasteiger partial charge in [0.05, 0.1) is 0 Å². The summed E-state index contributed by atoms with van der Waals surface area (Å²) in [6.07, 6.45) is 9.07. The second-order valence-corrected chi connectivity index (χ2v) is 16.6. The molecule has 0 atom stereocenters. The zero-order valence-electron chi connectivity index (χ0n) is 28.6. The maximum absolute atomic E-state index is 3.58. The minimum Gasteiger partial charge on any atom is -0.0616 e. The highest BCUT2D eigenvalue weighted by Crippen LogP contribution is 2.61. The lowest BCUT2D eigenvalue weighted by Gasteiger charge is -2.31. The zero-order valence-corrected chi connectivity index (χ0v) is 31.8. The summed E-state index contributed by atoms with van der Waals surface area (Å²) in [6.45, 7) is 9.77. The van der Waals surface area contributed by atoms with Gasteiger partial charge in [-0.05, 0) is 125 Å². The fourth-order valence-electron chi connectivity index (χ4n) is 8.76. The van der Waals surface area contributed by atoms with E-state index < -0.39 is 0 Å². The maximum atomic E-state index is 3.58. The van der Waals surface area contributed by atoms with Crippen molar-refractivity contribution in [1.29, 1.82) is 0 Å². The average Bonchev–Trinajstić information content (AvgIpc) is 3.50. The molecule has 0 saturated heterocycles. The summed E-state index contributed by atoms with van der Waals surface area (Å²) in [7, 11) is 0. The van der Waals surface area contributed by atoms with Crippen LogP contribution in [0, 0.1) is 0 Å². The van der Waals surface area contributed by atoms with Crippen molar-refractivity contribution >= 4 is 77.7 Å². The summed E-state index contributed by atoms with van der Waals surface area (Å²) in [5, 5.41) is 5.23. The molecule has 0 bridgehead atoms. The molecule has 0 nitrogen and oxygen atoms in total. The lowest BCUT2D eigenvalue weighted by molar-refractivity contribution is 0.601. The van der Waals surface area contributed by atoms with Crippen molar-refractivity contribution in [3.05, 3.63) is 175 Å². The highest BCUT2D eigenvalue weighted by molar-refractivity contribution is 9.10. The van der Waals surface area contributed by atoms with Crippen molar-refractivity contribution in [2.45, 2.75) is 38.5 Å². The molecule has 50 heavy (non-hydrogen) atoms. The number of benzene rings is 7. The first-order valence-electron chi connectivity index (χ1n) is 17.3. The second-order valence-electron chi connectivity index (χ2n) is 14.8. The average molecular weight is 773 g/mol. The predicted molar refractivity (Wildman–Crippen MR) is 223 cm³/mol. The van der Waals surface area contributed by atoms with Gasteiger partial charge in [0.1, 0.15) is 0 Å². The van der Waals surface area contributed by atoms with E-state index in [0.717, 1.165) is 8.95 Å². The van der Waals surface area contributed by atoms with E-state index in [1.807, 2.05) is 0 Å². The van der Waals surface area contributed by atoms with Gasteiger partial charge in [0.25, 0.3) is 0 Å². The number of hydrogen-bond acceptors (Lipinski definition) is 0. The Morgan fingerprint density at radius 1 is 0.420 bits per heavy atom. The first-order valence-corrected chi connectivity index (χ1v) is 18.9. The van der Waals surface area contributed by atoms with Crippen LogP contribution in [0.1, 0.15) is 72.2 Å². The van der Waals surface area contributed by atoms with Crippen molar-refractivity contribution in [2.75, 3.05) is 0 Å². The molecular weight excluding hydrogens is 736 g/mol. The van der Waals surface area contributed by atoms with E-state index >= 15 is 0 Å². The monoisotopic (exact) mass is 770 g/mol. The van der Waals surface area contributed by atoms with E-state index in [4.69, 9.17) is 0 Å². The summed E-state index contributed by atoms with van der Waals surface area (Å²) >= 11 is 7.16. The molecule has 242 valence electrons. The molecule has 0 aliphatic heterocycles. The van der Waals surface area contributed by atoms with Crippen molar-refractivity contribution in [2.24, 2.45) is 0 Å². The molecule has 0 fully saturated rings. The Hall–Kier alpha value is -4.50. The Labute approximate surface area is 311 Å². The number of halogens is 2. The standard InChI is InChI=1S/C48H36Br2/c1-47(2)41-27-31(19-13-29-15-21-33(49)22-16-29)35-9-5-7-11-37(35)43(41)39-25-26-40-44-38-12-8-6-10-36(38)32(20-14-30-17-23-34(50)24-18-30)28-42(44)48(3,4)46(40)45(39)47/h5-28H,1-4H3. The van der Waals surface area contributed by atoms with E-state index in [0.29, 0.717) is 0 Å². The molecule has 0 N–H and O–H groups in total. The van der Waals surface area contributed by atoms with Crippen molar-refractivity contribution in [3.63, 3.8) is 0 Å². The van der Waals surface area contributed by atoms with Gasteiger partial charge in [-0.3, -0.25) is 0 Å². The predicted octanol–water partition coefficient (Wildman–Crippen LogP) is 14.5. The first-order chi connectivity index (χ1) is 24.1. The third-order valence-electron chi connectivity index (χ3n) is 11.1. The summed E-state index contributed by atoms with van der Waals surface area (Å²) in [5.74, 6) is 0. The first kappa shape index (κ1) is 31.5. The van der Waals surface area contributed by atoms with Crippen LogP contribution in [0.15, 0.2) is 130 Å². The molecule has 2 aliphatic rings. The van der Waals surface area contributed by atoms with Crippen LogP contribution < -0.4 is 0 Å².